The van der Waals surface area contributed by atoms with Gasteiger partial charge < -0.3 is 0 Å². The van der Waals surface area contributed by atoms with E-state index in [4.69, 9.17) is 23.2 Å². The van der Waals surface area contributed by atoms with Gasteiger partial charge in [0.05, 0.1) is 38.6 Å². The Balaban J connectivity index is 1.55. The van der Waals surface area contributed by atoms with Gasteiger partial charge in [0.15, 0.2) is 5.16 Å². The number of halogens is 3. The first-order valence-electron chi connectivity index (χ1n) is 9.60. The summed E-state index contributed by atoms with van der Waals surface area (Å²) in [5.74, 6) is -0.332. The minimum atomic E-state index is -0.346. The lowest BCUT2D eigenvalue weighted by atomic mass is 10.2. The summed E-state index contributed by atoms with van der Waals surface area (Å²) in [6.07, 6.45) is 1.47. The minimum absolute atomic E-state index is 0.0139. The van der Waals surface area contributed by atoms with Crippen LogP contribution in [0.1, 0.15) is 5.56 Å². The third kappa shape index (κ3) is 5.65. The molecule has 33 heavy (non-hydrogen) atoms. The second kappa shape index (κ2) is 10.5. The zero-order chi connectivity index (χ0) is 23.4. The van der Waals surface area contributed by atoms with Crippen molar-refractivity contribution in [2.45, 2.75) is 5.16 Å². The lowest BCUT2D eigenvalue weighted by molar-refractivity contribution is -0.118. The average molecular weight is 562 g/mol. The highest BCUT2D eigenvalue weighted by atomic mass is 79.9. The Bertz CT molecular complexity index is 1420. The van der Waals surface area contributed by atoms with Crippen molar-refractivity contribution in [1.29, 1.82) is 0 Å². The highest BCUT2D eigenvalue weighted by Crippen LogP contribution is 2.23. The van der Waals surface area contributed by atoms with Crippen molar-refractivity contribution in [1.82, 2.24) is 15.0 Å². The smallest absolute Gasteiger partial charge is 0.266 e. The zero-order valence-electron chi connectivity index (χ0n) is 16.8. The number of carbonyl (C=O) groups is 1. The molecule has 1 amide bonds. The van der Waals surface area contributed by atoms with E-state index < -0.39 is 0 Å². The second-order valence-corrected chi connectivity index (χ2v) is 9.46. The van der Waals surface area contributed by atoms with Crippen LogP contribution in [0.25, 0.3) is 16.6 Å². The molecule has 6 nitrogen and oxygen atoms in total. The molecule has 0 atom stereocenters. The quantitative estimate of drug-likeness (QED) is 0.142. The van der Waals surface area contributed by atoms with Crippen LogP contribution in [0, 0.1) is 0 Å². The Morgan fingerprint density at radius 2 is 1.85 bits per heavy atom. The fraction of sp³-hybridized carbons (Fsp3) is 0.0435. The van der Waals surface area contributed by atoms with E-state index in [0.29, 0.717) is 37.4 Å². The van der Waals surface area contributed by atoms with Crippen LogP contribution in [-0.2, 0) is 4.79 Å². The Labute approximate surface area is 211 Å². The number of aromatic nitrogens is 2. The maximum atomic E-state index is 13.2. The maximum absolute atomic E-state index is 13.2. The molecule has 0 bridgehead atoms. The van der Waals surface area contributed by atoms with Crippen molar-refractivity contribution in [3.05, 3.63) is 97.2 Å². The lowest BCUT2D eigenvalue weighted by Gasteiger charge is -2.13. The Morgan fingerprint density at radius 1 is 1.09 bits per heavy atom. The topological polar surface area (TPSA) is 76.3 Å². The Hall–Kier alpha value is -2.65. The summed E-state index contributed by atoms with van der Waals surface area (Å²) in [5, 5.41) is 5.69. The van der Waals surface area contributed by atoms with Crippen molar-refractivity contribution >= 4 is 73.9 Å². The molecule has 4 rings (SSSR count). The van der Waals surface area contributed by atoms with E-state index in [1.807, 2.05) is 30.3 Å². The van der Waals surface area contributed by atoms with Crippen LogP contribution in [0.3, 0.4) is 0 Å². The monoisotopic (exact) mass is 560 g/mol. The maximum Gasteiger partial charge on any atom is 0.266 e. The first-order chi connectivity index (χ1) is 15.9. The SMILES string of the molecule is O=C(CSc1nc2ccccc2c(=O)n1-c1ccc(Br)cc1)NN=Cc1ccc(Cl)c(Cl)c1. The first kappa shape index (κ1) is 23.5. The van der Waals surface area contributed by atoms with Crippen LogP contribution in [0.2, 0.25) is 10.0 Å². The molecule has 4 aromatic rings. The van der Waals surface area contributed by atoms with Crippen LogP contribution in [0.4, 0.5) is 0 Å². The van der Waals surface area contributed by atoms with E-state index in [-0.39, 0.29) is 17.2 Å². The Morgan fingerprint density at radius 3 is 2.61 bits per heavy atom. The van der Waals surface area contributed by atoms with Gasteiger partial charge in [-0.15, -0.1) is 0 Å². The molecule has 0 saturated carbocycles. The molecule has 0 fully saturated rings. The van der Waals surface area contributed by atoms with Crippen LogP contribution in [0.5, 0.6) is 0 Å². The van der Waals surface area contributed by atoms with Crippen LogP contribution >= 0.6 is 50.9 Å². The predicted molar refractivity (Wildman–Crippen MR) is 138 cm³/mol. The van der Waals surface area contributed by atoms with Gasteiger partial charge in [0.2, 0.25) is 0 Å². The highest BCUT2D eigenvalue weighted by Gasteiger charge is 2.14. The second-order valence-electron chi connectivity index (χ2n) is 6.78. The molecule has 0 radical (unpaired) electrons. The summed E-state index contributed by atoms with van der Waals surface area (Å²) < 4.78 is 2.40. The number of carbonyl (C=O) groups excluding carboxylic acids is 1. The number of hydrogen-bond acceptors (Lipinski definition) is 5. The molecule has 1 heterocycles. The fourth-order valence-electron chi connectivity index (χ4n) is 2.96. The lowest BCUT2D eigenvalue weighted by Crippen LogP contribution is -2.24. The van der Waals surface area contributed by atoms with Gasteiger partial charge in [-0.3, -0.25) is 14.2 Å². The standard InChI is InChI=1S/C23H15BrCl2N4O2S/c24-15-6-8-16(9-7-15)30-22(32)17-3-1-2-4-20(17)28-23(30)33-13-21(31)29-27-12-14-5-10-18(25)19(26)11-14/h1-12H,13H2,(H,29,31). The van der Waals surface area contributed by atoms with Crippen molar-refractivity contribution in [2.24, 2.45) is 5.10 Å². The van der Waals surface area contributed by atoms with Crippen LogP contribution in [-0.4, -0.2) is 27.4 Å². The molecule has 0 saturated heterocycles. The number of benzene rings is 3. The number of nitrogens with zero attached hydrogens (tertiary/aromatic N) is 3. The minimum Gasteiger partial charge on any atom is -0.272 e. The predicted octanol–water partition coefficient (Wildman–Crippen LogP) is 5.70. The van der Waals surface area contributed by atoms with Crippen LogP contribution < -0.4 is 11.0 Å². The molecule has 166 valence electrons. The van der Waals surface area contributed by atoms with Gasteiger partial charge >= 0.3 is 0 Å². The number of hydrogen-bond donors (Lipinski definition) is 1. The normalized spacial score (nSPS) is 11.2. The molecule has 3 aromatic carbocycles. The molecular formula is C23H15BrCl2N4O2S. The number of fused-ring (bicyclic) bond motifs is 1. The van der Waals surface area contributed by atoms with Crippen molar-refractivity contribution in [2.75, 3.05) is 5.75 Å². The van der Waals surface area contributed by atoms with Crippen molar-refractivity contribution in [3.8, 4) is 5.69 Å². The summed E-state index contributed by atoms with van der Waals surface area (Å²) >= 11 is 16.4. The molecule has 0 unspecified atom stereocenters. The third-order valence-corrected chi connectivity index (χ3v) is 6.71. The van der Waals surface area contributed by atoms with Gasteiger partial charge in [0, 0.05) is 4.47 Å². The third-order valence-electron chi connectivity index (χ3n) is 4.51. The van der Waals surface area contributed by atoms with E-state index in [0.717, 1.165) is 16.2 Å². The molecule has 0 aliphatic heterocycles. The van der Waals surface area contributed by atoms with E-state index >= 15 is 0 Å². The summed E-state index contributed by atoms with van der Waals surface area (Å²) in [6, 6.07) is 19.5. The zero-order valence-corrected chi connectivity index (χ0v) is 20.7. The summed E-state index contributed by atoms with van der Waals surface area (Å²) in [7, 11) is 0. The van der Waals surface area contributed by atoms with E-state index in [1.165, 1.54) is 10.8 Å². The van der Waals surface area contributed by atoms with Gasteiger partial charge in [-0.2, -0.15) is 5.10 Å². The van der Waals surface area contributed by atoms with Crippen molar-refractivity contribution < 1.29 is 4.79 Å². The molecule has 1 aromatic heterocycles. The van der Waals surface area contributed by atoms with Crippen molar-refractivity contribution in [3.63, 3.8) is 0 Å². The average Bonchev–Trinajstić information content (AvgIpc) is 2.81. The van der Waals surface area contributed by atoms with Gasteiger partial charge in [0.1, 0.15) is 0 Å². The molecular weight excluding hydrogens is 547 g/mol. The highest BCUT2D eigenvalue weighted by molar-refractivity contribution is 9.10. The molecule has 0 aliphatic rings. The van der Waals surface area contributed by atoms with Gasteiger partial charge in [-0.25, -0.2) is 10.4 Å². The number of para-hydroxylation sites is 1. The van der Waals surface area contributed by atoms with Crippen LogP contribution in [0.15, 0.2) is 86.3 Å². The summed E-state index contributed by atoms with van der Waals surface area (Å²) in [5.41, 5.74) is 4.17. The first-order valence-corrected chi connectivity index (χ1v) is 12.1. The van der Waals surface area contributed by atoms with Gasteiger partial charge in [-0.1, -0.05) is 69.1 Å². The largest absolute Gasteiger partial charge is 0.272 e. The van der Waals surface area contributed by atoms with Gasteiger partial charge in [-0.05, 0) is 54.1 Å². The van der Waals surface area contributed by atoms with E-state index in [9.17, 15) is 9.59 Å². The van der Waals surface area contributed by atoms with E-state index in [2.05, 4.69) is 31.4 Å². The number of rotatable bonds is 6. The number of thioether (sulfide) groups is 1. The Kier molecular flexibility index (Phi) is 7.49. The number of nitrogens with one attached hydrogen (secondary N) is 1. The van der Waals surface area contributed by atoms with E-state index in [1.54, 1.807) is 36.4 Å². The summed E-state index contributed by atoms with van der Waals surface area (Å²) in [4.78, 5) is 30.2. The molecule has 1 N–H and O–H groups in total. The molecule has 0 aliphatic carbocycles. The molecule has 10 heteroatoms. The summed E-state index contributed by atoms with van der Waals surface area (Å²) in [6.45, 7) is 0. The number of hydrazone groups is 1. The number of amides is 1. The van der Waals surface area contributed by atoms with Gasteiger partial charge in [0.25, 0.3) is 11.5 Å². The molecule has 0 spiro atoms. The fourth-order valence-corrected chi connectivity index (χ4v) is 4.34.